The summed E-state index contributed by atoms with van der Waals surface area (Å²) in [7, 11) is 0. The number of alkyl halides is 1. The van der Waals surface area contributed by atoms with Gasteiger partial charge in [0.05, 0.1) is 0 Å². The third-order valence-electron chi connectivity index (χ3n) is 3.59. The summed E-state index contributed by atoms with van der Waals surface area (Å²) < 4.78 is 0. The van der Waals surface area contributed by atoms with E-state index in [0.717, 1.165) is 18.2 Å². The van der Waals surface area contributed by atoms with Crippen LogP contribution in [-0.2, 0) is 11.8 Å². The van der Waals surface area contributed by atoms with Gasteiger partial charge < -0.3 is 0 Å². The molecule has 0 saturated heterocycles. The van der Waals surface area contributed by atoms with Crippen molar-refractivity contribution in [2.45, 2.75) is 45.4 Å². The number of hydrogen-bond acceptors (Lipinski definition) is 0. The molecule has 0 N–H and O–H groups in total. The minimum absolute atomic E-state index is 0.0860. The van der Waals surface area contributed by atoms with Gasteiger partial charge in [0.25, 0.3) is 0 Å². The highest BCUT2D eigenvalue weighted by molar-refractivity contribution is 9.09. The number of allylic oxidation sites excluding steroid dienone is 1. The molecule has 0 spiro atoms. The van der Waals surface area contributed by atoms with Crippen LogP contribution in [0.4, 0.5) is 0 Å². The molecule has 1 aromatic carbocycles. The molecule has 0 bridgehead atoms. The summed E-state index contributed by atoms with van der Waals surface area (Å²) in [6.07, 6.45) is 3.39. The van der Waals surface area contributed by atoms with Crippen LogP contribution in [-0.4, -0.2) is 5.33 Å². The number of halogens is 1. The molecule has 17 heavy (non-hydrogen) atoms. The normalized spacial score (nSPS) is 11.5. The molecule has 0 radical (unpaired) electrons. The molecule has 1 aromatic rings. The first-order valence-electron chi connectivity index (χ1n) is 6.36. The molecule has 0 heterocycles. The van der Waals surface area contributed by atoms with Crippen molar-refractivity contribution in [3.63, 3.8) is 0 Å². The SMILES string of the molecule is C=C(CC)C(C)(C)c1ccc(CCCBr)cc1. The Balaban J connectivity index is 2.83. The van der Waals surface area contributed by atoms with Gasteiger partial charge in [0.2, 0.25) is 0 Å². The highest BCUT2D eigenvalue weighted by Crippen LogP contribution is 2.32. The Kier molecular flexibility index (Phi) is 5.45. The molecule has 0 fully saturated rings. The number of aryl methyl sites for hydroxylation is 1. The van der Waals surface area contributed by atoms with Crippen LogP contribution in [0.3, 0.4) is 0 Å². The second-order valence-corrected chi connectivity index (χ2v) is 5.86. The van der Waals surface area contributed by atoms with Gasteiger partial charge in [-0.25, -0.2) is 0 Å². The predicted octanol–water partition coefficient (Wildman–Crippen LogP) is 5.26. The molecular weight excluding hydrogens is 272 g/mol. The molecule has 0 aliphatic carbocycles. The molecule has 94 valence electrons. The third kappa shape index (κ3) is 3.70. The topological polar surface area (TPSA) is 0 Å². The van der Waals surface area contributed by atoms with E-state index in [0.29, 0.717) is 0 Å². The molecule has 0 aliphatic heterocycles. The summed E-state index contributed by atoms with van der Waals surface area (Å²) in [6, 6.07) is 9.01. The summed E-state index contributed by atoms with van der Waals surface area (Å²) in [6.45, 7) is 10.9. The number of rotatable bonds is 6. The maximum atomic E-state index is 4.19. The van der Waals surface area contributed by atoms with Crippen LogP contribution < -0.4 is 0 Å². The molecular formula is C16H23Br. The quantitative estimate of drug-likeness (QED) is 0.496. The van der Waals surface area contributed by atoms with Crippen molar-refractivity contribution in [2.75, 3.05) is 5.33 Å². The maximum absolute atomic E-state index is 4.19. The summed E-state index contributed by atoms with van der Waals surface area (Å²) >= 11 is 3.47. The Labute approximate surface area is 114 Å². The molecule has 0 unspecified atom stereocenters. The summed E-state index contributed by atoms with van der Waals surface area (Å²) in [5, 5.41) is 1.08. The minimum atomic E-state index is 0.0860. The van der Waals surface area contributed by atoms with E-state index in [9.17, 15) is 0 Å². The molecule has 1 heteroatoms. The van der Waals surface area contributed by atoms with Crippen molar-refractivity contribution in [2.24, 2.45) is 0 Å². The largest absolute Gasteiger partial charge is 0.0990 e. The lowest BCUT2D eigenvalue weighted by atomic mass is 9.77. The van der Waals surface area contributed by atoms with E-state index in [1.165, 1.54) is 23.1 Å². The van der Waals surface area contributed by atoms with Crippen LogP contribution >= 0.6 is 15.9 Å². The third-order valence-corrected chi connectivity index (χ3v) is 4.15. The Morgan fingerprint density at radius 3 is 2.29 bits per heavy atom. The van der Waals surface area contributed by atoms with Crippen molar-refractivity contribution in [1.29, 1.82) is 0 Å². The number of hydrogen-bond donors (Lipinski definition) is 0. The molecule has 0 amide bonds. The average molecular weight is 295 g/mol. The Bertz CT molecular complexity index is 360. The Hall–Kier alpha value is -0.560. The summed E-state index contributed by atoms with van der Waals surface area (Å²) in [5.41, 5.74) is 4.17. The van der Waals surface area contributed by atoms with Gasteiger partial charge in [-0.05, 0) is 30.4 Å². The predicted molar refractivity (Wildman–Crippen MR) is 81.0 cm³/mol. The van der Waals surface area contributed by atoms with Gasteiger partial charge in [-0.3, -0.25) is 0 Å². The van der Waals surface area contributed by atoms with Gasteiger partial charge in [-0.15, -0.1) is 0 Å². The van der Waals surface area contributed by atoms with Crippen LogP contribution in [0.15, 0.2) is 36.4 Å². The van der Waals surface area contributed by atoms with Crippen molar-refractivity contribution in [1.82, 2.24) is 0 Å². The van der Waals surface area contributed by atoms with Gasteiger partial charge in [-0.2, -0.15) is 0 Å². The van der Waals surface area contributed by atoms with E-state index in [1.54, 1.807) is 0 Å². The molecule has 0 aromatic heterocycles. The zero-order valence-electron chi connectivity index (χ0n) is 11.2. The van der Waals surface area contributed by atoms with E-state index >= 15 is 0 Å². The lowest BCUT2D eigenvalue weighted by Gasteiger charge is -2.27. The number of benzene rings is 1. The lowest BCUT2D eigenvalue weighted by molar-refractivity contribution is 0.604. The van der Waals surface area contributed by atoms with Crippen LogP contribution in [0, 0.1) is 0 Å². The van der Waals surface area contributed by atoms with Gasteiger partial charge in [0.15, 0.2) is 0 Å². The van der Waals surface area contributed by atoms with Crippen LogP contribution in [0.1, 0.15) is 44.7 Å². The molecule has 0 nitrogen and oxygen atoms in total. The van der Waals surface area contributed by atoms with Gasteiger partial charge in [0.1, 0.15) is 0 Å². The molecule has 0 aliphatic rings. The standard InChI is InChI=1S/C16H23Br/c1-5-13(2)16(3,4)15-10-8-14(9-11-15)7-6-12-17/h8-11H,2,5-7,12H2,1,3-4H3. The minimum Gasteiger partial charge on any atom is -0.0990 e. The highest BCUT2D eigenvalue weighted by atomic mass is 79.9. The van der Waals surface area contributed by atoms with Crippen LogP contribution in [0.2, 0.25) is 0 Å². The average Bonchev–Trinajstić information content (AvgIpc) is 2.35. The smallest absolute Gasteiger partial charge is 0.0102 e. The summed E-state index contributed by atoms with van der Waals surface area (Å²) in [5.74, 6) is 0. The first-order valence-corrected chi connectivity index (χ1v) is 7.48. The molecule has 0 saturated carbocycles. The second kappa shape index (κ2) is 6.39. The fourth-order valence-corrected chi connectivity index (χ4v) is 2.29. The first-order chi connectivity index (χ1) is 8.02. The Morgan fingerprint density at radius 2 is 1.82 bits per heavy atom. The van der Waals surface area contributed by atoms with Crippen molar-refractivity contribution < 1.29 is 0 Å². The lowest BCUT2D eigenvalue weighted by Crippen LogP contribution is -2.19. The van der Waals surface area contributed by atoms with Crippen molar-refractivity contribution >= 4 is 15.9 Å². The maximum Gasteiger partial charge on any atom is 0.0102 e. The van der Waals surface area contributed by atoms with Crippen LogP contribution in [0.25, 0.3) is 0 Å². The van der Waals surface area contributed by atoms with E-state index in [4.69, 9.17) is 0 Å². The summed E-state index contributed by atoms with van der Waals surface area (Å²) in [4.78, 5) is 0. The zero-order valence-corrected chi connectivity index (χ0v) is 12.8. The van der Waals surface area contributed by atoms with E-state index < -0.39 is 0 Å². The monoisotopic (exact) mass is 294 g/mol. The van der Waals surface area contributed by atoms with E-state index in [-0.39, 0.29) is 5.41 Å². The van der Waals surface area contributed by atoms with Gasteiger partial charge in [0, 0.05) is 10.7 Å². The fraction of sp³-hybridized carbons (Fsp3) is 0.500. The van der Waals surface area contributed by atoms with Crippen LogP contribution in [0.5, 0.6) is 0 Å². The Morgan fingerprint density at radius 1 is 1.24 bits per heavy atom. The van der Waals surface area contributed by atoms with Crippen molar-refractivity contribution in [3.8, 4) is 0 Å². The highest BCUT2D eigenvalue weighted by Gasteiger charge is 2.22. The molecule has 0 atom stereocenters. The molecule has 1 rings (SSSR count). The van der Waals surface area contributed by atoms with E-state index in [1.807, 2.05) is 0 Å². The fourth-order valence-electron chi connectivity index (χ4n) is 2.01. The zero-order chi connectivity index (χ0) is 12.9. The van der Waals surface area contributed by atoms with Crippen molar-refractivity contribution in [3.05, 3.63) is 47.5 Å². The van der Waals surface area contributed by atoms with Gasteiger partial charge >= 0.3 is 0 Å². The van der Waals surface area contributed by atoms with Gasteiger partial charge in [-0.1, -0.05) is 73.1 Å². The first kappa shape index (κ1) is 14.5. The second-order valence-electron chi connectivity index (χ2n) is 5.07. The van der Waals surface area contributed by atoms with E-state index in [2.05, 4.69) is 67.5 Å².